The lowest BCUT2D eigenvalue weighted by Gasteiger charge is -2.02. The summed E-state index contributed by atoms with van der Waals surface area (Å²) in [5, 5.41) is 0. The van der Waals surface area contributed by atoms with Gasteiger partial charge in [-0.05, 0) is 12.1 Å². The first-order valence-electron chi connectivity index (χ1n) is 3.94. The van der Waals surface area contributed by atoms with Crippen molar-refractivity contribution in [2.24, 2.45) is 0 Å². The molecule has 1 aromatic rings. The highest BCUT2D eigenvalue weighted by Gasteiger charge is 2.00. The van der Waals surface area contributed by atoms with E-state index < -0.39 is 6.17 Å². The lowest BCUT2D eigenvalue weighted by atomic mass is 10.4. The molecule has 0 aromatic heterocycles. The van der Waals surface area contributed by atoms with Gasteiger partial charge in [-0.1, -0.05) is 24.3 Å². The van der Waals surface area contributed by atoms with Crippen molar-refractivity contribution in [2.75, 3.05) is 6.61 Å². The Morgan fingerprint density at radius 2 is 2.15 bits per heavy atom. The molecule has 1 nitrogen and oxygen atoms in total. The van der Waals surface area contributed by atoms with Gasteiger partial charge >= 0.3 is 0 Å². The second-order valence-corrected chi connectivity index (χ2v) is 3.31. The number of halogens is 1. The molecule has 0 bridgehead atoms. The van der Waals surface area contributed by atoms with E-state index >= 15 is 0 Å². The molecular weight excluding hydrogens is 187 g/mol. The third-order valence-corrected chi connectivity index (χ3v) is 2.10. The molecule has 0 aliphatic rings. The van der Waals surface area contributed by atoms with Crippen molar-refractivity contribution in [2.45, 2.75) is 11.1 Å². The van der Waals surface area contributed by atoms with Crippen LogP contribution in [0, 0.1) is 0 Å². The Morgan fingerprint density at radius 3 is 2.77 bits per heavy atom. The van der Waals surface area contributed by atoms with Crippen LogP contribution >= 0.6 is 12.0 Å². The Kier molecular flexibility index (Phi) is 4.57. The Morgan fingerprint density at radius 1 is 1.46 bits per heavy atom. The molecule has 0 aliphatic heterocycles. The van der Waals surface area contributed by atoms with Crippen LogP contribution in [0.2, 0.25) is 0 Å². The molecule has 0 radical (unpaired) electrons. The molecule has 3 heteroatoms. The third kappa shape index (κ3) is 4.10. The van der Waals surface area contributed by atoms with E-state index in [2.05, 4.69) is 6.58 Å². The van der Waals surface area contributed by atoms with Gasteiger partial charge in [0.15, 0.2) is 0 Å². The molecule has 0 amide bonds. The van der Waals surface area contributed by atoms with Gasteiger partial charge in [-0.2, -0.15) is 0 Å². The normalized spacial score (nSPS) is 12.4. The van der Waals surface area contributed by atoms with Gasteiger partial charge in [-0.3, -0.25) is 0 Å². The van der Waals surface area contributed by atoms with E-state index in [1.807, 2.05) is 30.3 Å². The number of rotatable bonds is 5. The van der Waals surface area contributed by atoms with Crippen molar-refractivity contribution >= 4 is 12.0 Å². The first-order chi connectivity index (χ1) is 6.33. The van der Waals surface area contributed by atoms with Crippen molar-refractivity contribution < 1.29 is 8.57 Å². The summed E-state index contributed by atoms with van der Waals surface area (Å²) in [6, 6.07) is 9.56. The summed E-state index contributed by atoms with van der Waals surface area (Å²) in [6.07, 6.45) is 0.141. The topological polar surface area (TPSA) is 9.23 Å². The van der Waals surface area contributed by atoms with Crippen molar-refractivity contribution in [3.05, 3.63) is 43.0 Å². The molecule has 1 aromatic carbocycles. The van der Waals surface area contributed by atoms with Gasteiger partial charge in [-0.15, -0.1) is 6.58 Å². The fourth-order valence-electron chi connectivity index (χ4n) is 0.711. The monoisotopic (exact) mass is 198 g/mol. The predicted molar refractivity (Wildman–Crippen MR) is 53.3 cm³/mol. The van der Waals surface area contributed by atoms with Crippen LogP contribution < -0.4 is 0 Å². The molecule has 1 unspecified atom stereocenters. The largest absolute Gasteiger partial charge is 0.307 e. The van der Waals surface area contributed by atoms with Gasteiger partial charge in [0.25, 0.3) is 0 Å². The minimum Gasteiger partial charge on any atom is -0.307 e. The smallest absolute Gasteiger partial charge is 0.143 e. The fraction of sp³-hybridized carbons (Fsp3) is 0.200. The lowest BCUT2D eigenvalue weighted by molar-refractivity contribution is 0.258. The van der Waals surface area contributed by atoms with Gasteiger partial charge in [0.2, 0.25) is 0 Å². The molecular formula is C10H11FOS. The summed E-state index contributed by atoms with van der Waals surface area (Å²) in [6.45, 7) is 3.37. The van der Waals surface area contributed by atoms with Gasteiger partial charge in [0.05, 0.1) is 6.61 Å². The quantitative estimate of drug-likeness (QED) is 0.530. The molecule has 0 saturated heterocycles. The summed E-state index contributed by atoms with van der Waals surface area (Å²) in [5.74, 6) is 0. The molecule has 1 atom stereocenters. The standard InChI is InChI=1S/C10H11FOS/c1-2-9(11)8-12-13-10-6-4-3-5-7-10/h2-7,9H,1,8H2. The first-order valence-corrected chi connectivity index (χ1v) is 4.68. The Balaban J connectivity index is 2.24. The summed E-state index contributed by atoms with van der Waals surface area (Å²) in [7, 11) is 0. The number of alkyl halides is 1. The molecule has 0 aliphatic carbocycles. The van der Waals surface area contributed by atoms with E-state index in [9.17, 15) is 4.39 Å². The van der Waals surface area contributed by atoms with Gasteiger partial charge in [0.1, 0.15) is 6.17 Å². The summed E-state index contributed by atoms with van der Waals surface area (Å²) in [5.41, 5.74) is 0. The average Bonchev–Trinajstić information content (AvgIpc) is 2.19. The van der Waals surface area contributed by atoms with Crippen LogP contribution in [-0.4, -0.2) is 12.8 Å². The number of hydrogen-bond donors (Lipinski definition) is 0. The highest BCUT2D eigenvalue weighted by Crippen LogP contribution is 2.18. The van der Waals surface area contributed by atoms with Crippen molar-refractivity contribution in [3.63, 3.8) is 0 Å². The second kappa shape index (κ2) is 5.78. The van der Waals surface area contributed by atoms with Crippen LogP contribution in [0.15, 0.2) is 47.9 Å². The lowest BCUT2D eigenvalue weighted by Crippen LogP contribution is -2.02. The van der Waals surface area contributed by atoms with E-state index in [0.717, 1.165) is 4.90 Å². The van der Waals surface area contributed by atoms with Gasteiger partial charge in [0, 0.05) is 16.9 Å². The molecule has 1 rings (SSSR count). The zero-order chi connectivity index (χ0) is 9.52. The number of hydrogen-bond acceptors (Lipinski definition) is 2. The molecule has 0 spiro atoms. The molecule has 0 N–H and O–H groups in total. The summed E-state index contributed by atoms with van der Waals surface area (Å²) >= 11 is 1.18. The highest BCUT2D eigenvalue weighted by molar-refractivity contribution is 7.94. The van der Waals surface area contributed by atoms with Crippen LogP contribution in [0.25, 0.3) is 0 Å². The number of benzene rings is 1. The van der Waals surface area contributed by atoms with E-state index in [4.69, 9.17) is 4.18 Å². The van der Waals surface area contributed by atoms with Crippen molar-refractivity contribution in [3.8, 4) is 0 Å². The Hall–Kier alpha value is -0.800. The minimum absolute atomic E-state index is 0.0447. The van der Waals surface area contributed by atoms with E-state index in [0.29, 0.717) is 0 Å². The van der Waals surface area contributed by atoms with Crippen LogP contribution in [0.4, 0.5) is 4.39 Å². The fourth-order valence-corrected chi connectivity index (χ4v) is 1.31. The maximum atomic E-state index is 12.6. The zero-order valence-electron chi connectivity index (χ0n) is 7.15. The average molecular weight is 198 g/mol. The first kappa shape index (κ1) is 10.3. The minimum atomic E-state index is -1.09. The third-order valence-electron chi connectivity index (χ3n) is 1.38. The van der Waals surface area contributed by atoms with E-state index in [1.54, 1.807) is 0 Å². The SMILES string of the molecule is C=CC(F)COSc1ccccc1. The zero-order valence-corrected chi connectivity index (χ0v) is 7.97. The Labute approximate surface area is 81.8 Å². The summed E-state index contributed by atoms with van der Waals surface area (Å²) < 4.78 is 17.6. The van der Waals surface area contributed by atoms with Crippen LogP contribution in [0.1, 0.15) is 0 Å². The van der Waals surface area contributed by atoms with Gasteiger partial charge in [-0.25, -0.2) is 4.39 Å². The Bertz CT molecular complexity index is 250. The van der Waals surface area contributed by atoms with Crippen molar-refractivity contribution in [1.82, 2.24) is 0 Å². The van der Waals surface area contributed by atoms with Gasteiger partial charge < -0.3 is 4.18 Å². The highest BCUT2D eigenvalue weighted by atomic mass is 32.2. The van der Waals surface area contributed by atoms with Crippen molar-refractivity contribution in [1.29, 1.82) is 0 Å². The maximum absolute atomic E-state index is 12.6. The van der Waals surface area contributed by atoms with E-state index in [-0.39, 0.29) is 6.61 Å². The van der Waals surface area contributed by atoms with Crippen LogP contribution in [0.5, 0.6) is 0 Å². The molecule has 13 heavy (non-hydrogen) atoms. The maximum Gasteiger partial charge on any atom is 0.143 e. The second-order valence-electron chi connectivity index (χ2n) is 2.43. The molecule has 0 saturated carbocycles. The molecule has 70 valence electrons. The molecule has 0 fully saturated rings. The van der Waals surface area contributed by atoms with E-state index in [1.165, 1.54) is 18.1 Å². The predicted octanol–water partition coefficient (Wildman–Crippen LogP) is 3.23. The van der Waals surface area contributed by atoms with Crippen LogP contribution in [-0.2, 0) is 4.18 Å². The summed E-state index contributed by atoms with van der Waals surface area (Å²) in [4.78, 5) is 0.971. The van der Waals surface area contributed by atoms with Crippen LogP contribution in [0.3, 0.4) is 0 Å². The molecule has 0 heterocycles.